The molecule has 0 bridgehead atoms. The normalized spacial score (nSPS) is 19.8. The molecule has 13 heavy (non-hydrogen) atoms. The second-order valence-electron chi connectivity index (χ2n) is 3.11. The largest absolute Gasteiger partial charge is 0.478 e. The molecule has 1 N–H and O–H groups in total. The SMILES string of the molecule is O=C(CBr)OC1(C(=O)O)CCCC1. The van der Waals surface area contributed by atoms with Gasteiger partial charge in [-0.15, -0.1) is 0 Å². The van der Waals surface area contributed by atoms with Crippen LogP contribution in [0.2, 0.25) is 0 Å². The number of carboxylic acid groups (broad SMARTS) is 1. The van der Waals surface area contributed by atoms with Crippen LogP contribution in [0.25, 0.3) is 0 Å². The molecule has 0 unspecified atom stereocenters. The second-order valence-corrected chi connectivity index (χ2v) is 3.67. The van der Waals surface area contributed by atoms with Crippen molar-refractivity contribution < 1.29 is 19.4 Å². The van der Waals surface area contributed by atoms with Gasteiger partial charge in [-0.05, 0) is 25.7 Å². The van der Waals surface area contributed by atoms with Crippen molar-refractivity contribution in [2.45, 2.75) is 31.3 Å². The molecule has 1 fully saturated rings. The van der Waals surface area contributed by atoms with Gasteiger partial charge in [0.05, 0.1) is 0 Å². The third-order valence-electron chi connectivity index (χ3n) is 2.22. The fourth-order valence-corrected chi connectivity index (χ4v) is 1.67. The van der Waals surface area contributed by atoms with Gasteiger partial charge in [0, 0.05) is 0 Å². The molecule has 1 aliphatic rings. The van der Waals surface area contributed by atoms with E-state index in [2.05, 4.69) is 15.9 Å². The number of hydrogen-bond acceptors (Lipinski definition) is 3. The zero-order chi connectivity index (χ0) is 9.90. The monoisotopic (exact) mass is 250 g/mol. The van der Waals surface area contributed by atoms with Crippen LogP contribution >= 0.6 is 15.9 Å². The first-order valence-corrected chi connectivity index (χ1v) is 5.24. The molecule has 0 saturated heterocycles. The molecule has 0 aromatic rings. The fraction of sp³-hybridized carbons (Fsp3) is 0.750. The molecule has 1 aliphatic carbocycles. The average molecular weight is 251 g/mol. The van der Waals surface area contributed by atoms with Gasteiger partial charge >= 0.3 is 11.9 Å². The van der Waals surface area contributed by atoms with Crippen LogP contribution in [-0.2, 0) is 14.3 Å². The van der Waals surface area contributed by atoms with Crippen molar-refractivity contribution in [3.63, 3.8) is 0 Å². The topological polar surface area (TPSA) is 63.6 Å². The summed E-state index contributed by atoms with van der Waals surface area (Å²) < 4.78 is 4.92. The van der Waals surface area contributed by atoms with Crippen molar-refractivity contribution in [2.24, 2.45) is 0 Å². The molecule has 0 atom stereocenters. The van der Waals surface area contributed by atoms with Crippen molar-refractivity contribution in [1.29, 1.82) is 0 Å². The van der Waals surface area contributed by atoms with E-state index in [1.807, 2.05) is 0 Å². The van der Waals surface area contributed by atoms with Crippen molar-refractivity contribution >= 4 is 27.9 Å². The van der Waals surface area contributed by atoms with Crippen LogP contribution in [0.4, 0.5) is 0 Å². The van der Waals surface area contributed by atoms with Gasteiger partial charge in [0.25, 0.3) is 0 Å². The molecule has 0 aromatic carbocycles. The Bertz CT molecular complexity index is 220. The van der Waals surface area contributed by atoms with Crippen molar-refractivity contribution in [3.8, 4) is 0 Å². The summed E-state index contributed by atoms with van der Waals surface area (Å²) in [4.78, 5) is 21.8. The van der Waals surface area contributed by atoms with Crippen molar-refractivity contribution in [3.05, 3.63) is 0 Å². The molecule has 0 amide bonds. The molecule has 0 aromatic heterocycles. The minimum absolute atomic E-state index is 0.0437. The lowest BCUT2D eigenvalue weighted by Crippen LogP contribution is -2.40. The number of hydrogen-bond donors (Lipinski definition) is 1. The van der Waals surface area contributed by atoms with Crippen LogP contribution < -0.4 is 0 Å². The predicted octanol–water partition coefficient (Wildman–Crippen LogP) is 1.32. The number of halogens is 1. The van der Waals surface area contributed by atoms with Crippen LogP contribution in [0, 0.1) is 0 Å². The highest BCUT2D eigenvalue weighted by atomic mass is 79.9. The number of carbonyl (C=O) groups excluding carboxylic acids is 1. The van der Waals surface area contributed by atoms with Crippen molar-refractivity contribution in [2.75, 3.05) is 5.33 Å². The third kappa shape index (κ3) is 2.21. The van der Waals surface area contributed by atoms with E-state index in [9.17, 15) is 9.59 Å². The van der Waals surface area contributed by atoms with Crippen molar-refractivity contribution in [1.82, 2.24) is 0 Å². The molecule has 4 nitrogen and oxygen atoms in total. The Hall–Kier alpha value is -0.580. The maximum absolute atomic E-state index is 10.9. The lowest BCUT2D eigenvalue weighted by molar-refractivity contribution is -0.176. The second kappa shape index (κ2) is 4.09. The van der Waals surface area contributed by atoms with E-state index < -0.39 is 17.5 Å². The highest BCUT2D eigenvalue weighted by molar-refractivity contribution is 9.09. The van der Waals surface area contributed by atoms with E-state index in [1.54, 1.807) is 0 Å². The Morgan fingerprint density at radius 3 is 2.31 bits per heavy atom. The number of carbonyl (C=O) groups is 2. The van der Waals surface area contributed by atoms with E-state index in [-0.39, 0.29) is 5.33 Å². The first kappa shape index (κ1) is 10.5. The predicted molar refractivity (Wildman–Crippen MR) is 48.7 cm³/mol. The zero-order valence-corrected chi connectivity index (χ0v) is 8.67. The minimum atomic E-state index is -1.25. The summed E-state index contributed by atoms with van der Waals surface area (Å²) in [7, 11) is 0. The minimum Gasteiger partial charge on any atom is -0.478 e. The fourth-order valence-electron chi connectivity index (χ4n) is 1.55. The molecular formula is C8H11BrO4. The van der Waals surface area contributed by atoms with Gasteiger partial charge in [0.2, 0.25) is 5.60 Å². The molecule has 0 aliphatic heterocycles. The number of esters is 1. The highest BCUT2D eigenvalue weighted by Crippen LogP contribution is 2.33. The Kier molecular flexibility index (Phi) is 3.30. The lowest BCUT2D eigenvalue weighted by Gasteiger charge is -2.23. The summed E-state index contributed by atoms with van der Waals surface area (Å²) in [6.07, 6.45) is 2.48. The van der Waals surface area contributed by atoms with E-state index in [0.29, 0.717) is 12.8 Å². The quantitative estimate of drug-likeness (QED) is 0.607. The molecular weight excluding hydrogens is 240 g/mol. The average Bonchev–Trinajstić information content (AvgIpc) is 2.54. The number of ether oxygens (including phenoxy) is 1. The molecule has 5 heteroatoms. The van der Waals surface area contributed by atoms with E-state index in [0.717, 1.165) is 12.8 Å². The highest BCUT2D eigenvalue weighted by Gasteiger charge is 2.44. The van der Waals surface area contributed by atoms with Gasteiger partial charge in [-0.3, -0.25) is 4.79 Å². The summed E-state index contributed by atoms with van der Waals surface area (Å²) in [6.45, 7) is 0. The van der Waals surface area contributed by atoms with Crippen LogP contribution in [0.3, 0.4) is 0 Å². The number of rotatable bonds is 3. The summed E-state index contributed by atoms with van der Waals surface area (Å²) in [5.41, 5.74) is -1.25. The Balaban J connectivity index is 2.68. The Morgan fingerprint density at radius 2 is 1.92 bits per heavy atom. The molecule has 1 rings (SSSR count). The van der Waals surface area contributed by atoms with Crippen LogP contribution in [0.5, 0.6) is 0 Å². The zero-order valence-electron chi connectivity index (χ0n) is 7.09. The standard InChI is InChI=1S/C8H11BrO4/c9-5-6(10)13-8(7(11)12)3-1-2-4-8/h1-5H2,(H,11,12). The van der Waals surface area contributed by atoms with Gasteiger partial charge in [0.15, 0.2) is 0 Å². The number of aliphatic carboxylic acids is 1. The lowest BCUT2D eigenvalue weighted by atomic mass is 10.0. The summed E-state index contributed by atoms with van der Waals surface area (Å²) >= 11 is 2.93. The summed E-state index contributed by atoms with van der Waals surface area (Å²) in [5.74, 6) is -1.54. The van der Waals surface area contributed by atoms with Crippen LogP contribution in [0.15, 0.2) is 0 Å². The van der Waals surface area contributed by atoms with Gasteiger partial charge in [-0.1, -0.05) is 15.9 Å². The van der Waals surface area contributed by atoms with Gasteiger partial charge in [0.1, 0.15) is 5.33 Å². The molecule has 0 spiro atoms. The maximum atomic E-state index is 10.9. The van der Waals surface area contributed by atoms with E-state index in [4.69, 9.17) is 9.84 Å². The van der Waals surface area contributed by atoms with E-state index in [1.165, 1.54) is 0 Å². The Labute approximate surface area is 84.4 Å². The molecule has 74 valence electrons. The van der Waals surface area contributed by atoms with Gasteiger partial charge in [-0.25, -0.2) is 4.79 Å². The third-order valence-corrected chi connectivity index (χ3v) is 2.68. The van der Waals surface area contributed by atoms with E-state index >= 15 is 0 Å². The summed E-state index contributed by atoms with van der Waals surface area (Å²) in [5, 5.41) is 8.96. The van der Waals surface area contributed by atoms with Crippen LogP contribution in [-0.4, -0.2) is 28.0 Å². The molecule has 0 heterocycles. The number of alkyl halides is 1. The Morgan fingerprint density at radius 1 is 1.38 bits per heavy atom. The van der Waals surface area contributed by atoms with Crippen LogP contribution in [0.1, 0.15) is 25.7 Å². The molecule has 1 saturated carbocycles. The first-order chi connectivity index (χ1) is 6.10. The molecule has 0 radical (unpaired) electrons. The summed E-state index contributed by atoms with van der Waals surface area (Å²) in [6, 6.07) is 0. The number of carboxylic acids is 1. The first-order valence-electron chi connectivity index (χ1n) is 4.12. The smallest absolute Gasteiger partial charge is 0.348 e. The maximum Gasteiger partial charge on any atom is 0.348 e. The van der Waals surface area contributed by atoms with Gasteiger partial charge < -0.3 is 9.84 Å². The van der Waals surface area contributed by atoms with Gasteiger partial charge in [-0.2, -0.15) is 0 Å².